The van der Waals surface area contributed by atoms with E-state index in [2.05, 4.69) is 23.3 Å². The smallest absolute Gasteiger partial charge is 0.0944 e. The summed E-state index contributed by atoms with van der Waals surface area (Å²) in [4.78, 5) is 3.18. The van der Waals surface area contributed by atoms with Gasteiger partial charge in [-0.3, -0.25) is 0 Å². The summed E-state index contributed by atoms with van der Waals surface area (Å²) in [6, 6.07) is 4.08. The topological polar surface area (TPSA) is 37.0 Å². The van der Waals surface area contributed by atoms with Crippen molar-refractivity contribution in [2.45, 2.75) is 25.9 Å². The van der Waals surface area contributed by atoms with Crippen molar-refractivity contribution in [1.82, 2.24) is 10.3 Å². The molecule has 2 N–H and O–H groups in total. The van der Waals surface area contributed by atoms with E-state index in [4.69, 9.17) is 4.74 Å². The van der Waals surface area contributed by atoms with Crippen LogP contribution in [0.25, 0.3) is 0 Å². The molecule has 0 aliphatic carbocycles. The van der Waals surface area contributed by atoms with Gasteiger partial charge in [0.2, 0.25) is 0 Å². The molecule has 0 amide bonds. The maximum atomic E-state index is 5.85. The molecule has 1 fully saturated rings. The van der Waals surface area contributed by atoms with Crippen molar-refractivity contribution in [3.05, 3.63) is 24.0 Å². The summed E-state index contributed by atoms with van der Waals surface area (Å²) in [6.45, 7) is 5.25. The molecule has 0 saturated carbocycles. The molecule has 0 spiro atoms. The number of aromatic amines is 1. The van der Waals surface area contributed by atoms with Gasteiger partial charge in [-0.05, 0) is 44.4 Å². The first-order chi connectivity index (χ1) is 7.36. The van der Waals surface area contributed by atoms with Crippen molar-refractivity contribution in [3.8, 4) is 0 Å². The highest BCUT2D eigenvalue weighted by Crippen LogP contribution is 2.17. The molecule has 0 aromatic carbocycles. The Morgan fingerprint density at radius 2 is 2.53 bits per heavy atom. The van der Waals surface area contributed by atoms with E-state index in [1.165, 1.54) is 25.1 Å². The monoisotopic (exact) mass is 208 g/mol. The van der Waals surface area contributed by atoms with Crippen molar-refractivity contribution in [3.63, 3.8) is 0 Å². The summed E-state index contributed by atoms with van der Waals surface area (Å²) in [5.41, 5.74) is 1.17. The van der Waals surface area contributed by atoms with E-state index < -0.39 is 0 Å². The van der Waals surface area contributed by atoms with Crippen LogP contribution in [-0.2, 0) is 4.74 Å². The lowest BCUT2D eigenvalue weighted by Crippen LogP contribution is -2.32. The number of nitrogens with one attached hydrogen (secondary N) is 2. The molecule has 84 valence electrons. The molecule has 1 aromatic heterocycles. The third kappa shape index (κ3) is 3.08. The van der Waals surface area contributed by atoms with Gasteiger partial charge in [0, 0.05) is 18.4 Å². The largest absolute Gasteiger partial charge is 0.372 e. The third-order valence-corrected chi connectivity index (χ3v) is 3.04. The molecule has 1 aliphatic rings. The quantitative estimate of drug-likeness (QED) is 0.795. The van der Waals surface area contributed by atoms with Gasteiger partial charge >= 0.3 is 0 Å². The Kier molecular flexibility index (Phi) is 3.80. The van der Waals surface area contributed by atoms with E-state index in [9.17, 15) is 0 Å². The van der Waals surface area contributed by atoms with Crippen LogP contribution in [0.5, 0.6) is 0 Å². The second-order valence-corrected chi connectivity index (χ2v) is 4.31. The average Bonchev–Trinajstić information content (AvgIpc) is 2.81. The van der Waals surface area contributed by atoms with Gasteiger partial charge in [-0.15, -0.1) is 0 Å². The average molecular weight is 208 g/mol. The van der Waals surface area contributed by atoms with E-state index >= 15 is 0 Å². The first kappa shape index (κ1) is 10.7. The highest BCUT2D eigenvalue weighted by molar-refractivity contribution is 5.06. The van der Waals surface area contributed by atoms with E-state index in [1.54, 1.807) is 0 Å². The van der Waals surface area contributed by atoms with Crippen LogP contribution in [0.3, 0.4) is 0 Å². The SMILES string of the molecule is CC(OCC1CCCNC1)c1ccc[nH]1. The van der Waals surface area contributed by atoms with Crippen LogP contribution in [0.4, 0.5) is 0 Å². The Hall–Kier alpha value is -0.800. The molecule has 0 radical (unpaired) electrons. The van der Waals surface area contributed by atoms with Crippen molar-refractivity contribution < 1.29 is 4.74 Å². The van der Waals surface area contributed by atoms with Gasteiger partial charge in [-0.2, -0.15) is 0 Å². The van der Waals surface area contributed by atoms with Gasteiger partial charge in [0.15, 0.2) is 0 Å². The lowest BCUT2D eigenvalue weighted by Gasteiger charge is -2.24. The molecule has 2 heterocycles. The Morgan fingerprint density at radius 3 is 3.20 bits per heavy atom. The molecule has 2 rings (SSSR count). The Morgan fingerprint density at radius 1 is 1.60 bits per heavy atom. The van der Waals surface area contributed by atoms with Crippen molar-refractivity contribution in [2.75, 3.05) is 19.7 Å². The molecular weight excluding hydrogens is 188 g/mol. The van der Waals surface area contributed by atoms with Crippen LogP contribution in [0, 0.1) is 5.92 Å². The molecule has 0 bridgehead atoms. The fourth-order valence-electron chi connectivity index (χ4n) is 2.03. The van der Waals surface area contributed by atoms with E-state index in [0.717, 1.165) is 13.2 Å². The third-order valence-electron chi connectivity index (χ3n) is 3.04. The summed E-state index contributed by atoms with van der Waals surface area (Å²) in [7, 11) is 0. The standard InChI is InChI=1S/C12H20N2O/c1-10(12-5-3-7-14-12)15-9-11-4-2-6-13-8-11/h3,5,7,10-11,13-14H,2,4,6,8-9H2,1H3. The maximum Gasteiger partial charge on any atom is 0.0944 e. The van der Waals surface area contributed by atoms with Crippen LogP contribution in [0.1, 0.15) is 31.6 Å². The molecule has 3 heteroatoms. The number of aromatic nitrogens is 1. The van der Waals surface area contributed by atoms with Crippen LogP contribution in [0.2, 0.25) is 0 Å². The van der Waals surface area contributed by atoms with Gasteiger partial charge in [-0.25, -0.2) is 0 Å². The van der Waals surface area contributed by atoms with Crippen molar-refractivity contribution in [2.24, 2.45) is 5.92 Å². The number of hydrogen-bond acceptors (Lipinski definition) is 2. The van der Waals surface area contributed by atoms with Crippen LogP contribution in [0.15, 0.2) is 18.3 Å². The van der Waals surface area contributed by atoms with Crippen LogP contribution >= 0.6 is 0 Å². The first-order valence-corrected chi connectivity index (χ1v) is 5.82. The lowest BCUT2D eigenvalue weighted by atomic mass is 10.0. The van der Waals surface area contributed by atoms with E-state index in [1.807, 2.05) is 12.3 Å². The highest BCUT2D eigenvalue weighted by atomic mass is 16.5. The van der Waals surface area contributed by atoms with Gasteiger partial charge in [0.25, 0.3) is 0 Å². The fraction of sp³-hybridized carbons (Fsp3) is 0.667. The summed E-state index contributed by atoms with van der Waals surface area (Å²) < 4.78 is 5.85. The minimum Gasteiger partial charge on any atom is -0.372 e. The Balaban J connectivity index is 1.73. The predicted molar refractivity (Wildman–Crippen MR) is 60.8 cm³/mol. The van der Waals surface area contributed by atoms with Gasteiger partial charge < -0.3 is 15.0 Å². The summed E-state index contributed by atoms with van der Waals surface area (Å²) in [6.07, 6.45) is 4.70. The second kappa shape index (κ2) is 5.33. The van der Waals surface area contributed by atoms with Crippen LogP contribution < -0.4 is 5.32 Å². The second-order valence-electron chi connectivity index (χ2n) is 4.31. The molecule has 1 aliphatic heterocycles. The zero-order chi connectivity index (χ0) is 10.5. The van der Waals surface area contributed by atoms with E-state index in [0.29, 0.717) is 5.92 Å². The van der Waals surface area contributed by atoms with Gasteiger partial charge in [-0.1, -0.05) is 0 Å². The number of H-pyrrole nitrogens is 1. The minimum atomic E-state index is 0.182. The predicted octanol–water partition coefficient (Wildman–Crippen LogP) is 2.09. The number of ether oxygens (including phenoxy) is 1. The molecule has 3 nitrogen and oxygen atoms in total. The van der Waals surface area contributed by atoms with Crippen LogP contribution in [-0.4, -0.2) is 24.7 Å². The zero-order valence-corrected chi connectivity index (χ0v) is 9.33. The maximum absolute atomic E-state index is 5.85. The molecule has 1 saturated heterocycles. The molecule has 15 heavy (non-hydrogen) atoms. The fourth-order valence-corrected chi connectivity index (χ4v) is 2.03. The summed E-state index contributed by atoms with van der Waals surface area (Å²) in [5.74, 6) is 0.691. The van der Waals surface area contributed by atoms with E-state index in [-0.39, 0.29) is 6.10 Å². The molecule has 2 atom stereocenters. The zero-order valence-electron chi connectivity index (χ0n) is 9.33. The summed E-state index contributed by atoms with van der Waals surface area (Å²) in [5, 5.41) is 3.41. The van der Waals surface area contributed by atoms with Crippen molar-refractivity contribution >= 4 is 0 Å². The van der Waals surface area contributed by atoms with Gasteiger partial charge in [0.05, 0.1) is 12.7 Å². The number of rotatable bonds is 4. The first-order valence-electron chi connectivity index (χ1n) is 5.82. The van der Waals surface area contributed by atoms with Gasteiger partial charge in [0.1, 0.15) is 0 Å². The molecular formula is C12H20N2O. The normalized spacial score (nSPS) is 23.9. The summed E-state index contributed by atoms with van der Waals surface area (Å²) >= 11 is 0. The van der Waals surface area contributed by atoms with Crippen molar-refractivity contribution in [1.29, 1.82) is 0 Å². The number of piperidine rings is 1. The lowest BCUT2D eigenvalue weighted by molar-refractivity contribution is 0.0315. The molecule has 2 unspecified atom stereocenters. The number of hydrogen-bond donors (Lipinski definition) is 2. The molecule has 1 aromatic rings. The Labute approximate surface area is 91.2 Å². The highest BCUT2D eigenvalue weighted by Gasteiger charge is 2.15. The minimum absolute atomic E-state index is 0.182. The Bertz CT molecular complexity index is 265.